The van der Waals surface area contributed by atoms with E-state index in [0.29, 0.717) is 22.3 Å². The normalized spacial score (nSPS) is 16.8. The zero-order valence-electron chi connectivity index (χ0n) is 14.8. The molecule has 0 radical (unpaired) electrons. The first-order chi connectivity index (χ1) is 12.5. The Morgan fingerprint density at radius 2 is 2.04 bits per heavy atom. The van der Waals surface area contributed by atoms with Crippen molar-refractivity contribution < 1.29 is 14.3 Å². The number of carbonyl (C=O) groups excluding carboxylic acids is 2. The summed E-state index contributed by atoms with van der Waals surface area (Å²) in [6, 6.07) is 9.86. The van der Waals surface area contributed by atoms with Gasteiger partial charge in [0.15, 0.2) is 0 Å². The second-order valence-corrected chi connectivity index (χ2v) is 7.32. The predicted molar refractivity (Wildman–Crippen MR) is 110 cm³/mol. The fourth-order valence-electron chi connectivity index (χ4n) is 2.28. The number of nitrogens with zero attached hydrogens (tertiary/aromatic N) is 1. The molecule has 0 unspecified atom stereocenters. The summed E-state index contributed by atoms with van der Waals surface area (Å²) >= 11 is 6.44. The van der Waals surface area contributed by atoms with Crippen LogP contribution in [0.1, 0.15) is 25.8 Å². The van der Waals surface area contributed by atoms with Gasteiger partial charge in [0, 0.05) is 0 Å². The van der Waals surface area contributed by atoms with E-state index in [9.17, 15) is 9.59 Å². The summed E-state index contributed by atoms with van der Waals surface area (Å²) in [6.07, 6.45) is 8.25. The predicted octanol–water partition coefficient (Wildman–Crippen LogP) is 4.34. The van der Waals surface area contributed by atoms with E-state index in [4.69, 9.17) is 17.0 Å². The zero-order valence-corrected chi connectivity index (χ0v) is 16.4. The van der Waals surface area contributed by atoms with Gasteiger partial charge in [-0.15, -0.1) is 0 Å². The molecule has 0 bridgehead atoms. The van der Waals surface area contributed by atoms with Crippen LogP contribution in [0.3, 0.4) is 0 Å². The van der Waals surface area contributed by atoms with Crippen molar-refractivity contribution in [3.63, 3.8) is 0 Å². The van der Waals surface area contributed by atoms with Gasteiger partial charge in [0.05, 0.1) is 11.5 Å². The van der Waals surface area contributed by atoms with Crippen LogP contribution in [0, 0.1) is 0 Å². The van der Waals surface area contributed by atoms with Gasteiger partial charge in [-0.3, -0.25) is 14.5 Å². The van der Waals surface area contributed by atoms with Crippen LogP contribution >= 0.6 is 24.0 Å². The quantitative estimate of drug-likeness (QED) is 0.229. The number of amides is 1. The highest BCUT2D eigenvalue weighted by Gasteiger charge is 2.33. The number of hydrogen-bond donors (Lipinski definition) is 0. The Hall–Kier alpha value is -2.18. The highest BCUT2D eigenvalue weighted by Crippen LogP contribution is 2.31. The molecule has 4 nitrogen and oxygen atoms in total. The topological polar surface area (TPSA) is 46.6 Å². The van der Waals surface area contributed by atoms with Gasteiger partial charge in [-0.25, -0.2) is 0 Å². The summed E-state index contributed by atoms with van der Waals surface area (Å²) in [5.74, 6) is -0.713. The average Bonchev–Trinajstić information content (AvgIpc) is 2.87. The Labute approximate surface area is 163 Å². The molecule has 1 aromatic rings. The molecular weight excluding hydrogens is 366 g/mol. The minimum absolute atomic E-state index is 0.153. The van der Waals surface area contributed by atoms with E-state index in [2.05, 4.69) is 0 Å². The molecule has 1 fully saturated rings. The highest BCUT2D eigenvalue weighted by atomic mass is 32.2. The monoisotopic (exact) mass is 387 g/mol. The molecule has 1 aliphatic heterocycles. The van der Waals surface area contributed by atoms with Crippen molar-refractivity contribution in [1.82, 2.24) is 4.90 Å². The van der Waals surface area contributed by atoms with Crippen molar-refractivity contribution >= 4 is 46.3 Å². The van der Waals surface area contributed by atoms with Crippen LogP contribution in [0.5, 0.6) is 0 Å². The lowest BCUT2D eigenvalue weighted by Gasteiger charge is -2.13. The molecule has 1 aliphatic rings. The fourth-order valence-corrected chi connectivity index (χ4v) is 3.58. The molecule has 26 heavy (non-hydrogen) atoms. The third-order valence-electron chi connectivity index (χ3n) is 3.50. The maximum atomic E-state index is 12.5. The van der Waals surface area contributed by atoms with E-state index in [1.54, 1.807) is 6.08 Å². The lowest BCUT2D eigenvalue weighted by molar-refractivity contribution is -0.145. The summed E-state index contributed by atoms with van der Waals surface area (Å²) in [4.78, 5) is 26.2. The minimum Gasteiger partial charge on any atom is -0.464 e. The molecular formula is C20H21NO3S2. The van der Waals surface area contributed by atoms with Gasteiger partial charge in [0.1, 0.15) is 10.9 Å². The standard InChI is InChI=1S/C20H21NO3S2/c1-3-4-8-11-24-18(22)14-21-19(23)17(26-20(21)25)13-15(2)12-16-9-6-5-7-10-16/h3-7,9-10,12-13H,8,11,14H2,1-2H3/b4-3-,15-12+,17-13-. The van der Waals surface area contributed by atoms with Crippen LogP contribution in [0.15, 0.2) is 59.0 Å². The zero-order chi connectivity index (χ0) is 18.9. The van der Waals surface area contributed by atoms with Crippen LogP contribution < -0.4 is 0 Å². The van der Waals surface area contributed by atoms with E-state index < -0.39 is 5.97 Å². The lowest BCUT2D eigenvalue weighted by Crippen LogP contribution is -2.34. The van der Waals surface area contributed by atoms with Gasteiger partial charge in [0.2, 0.25) is 0 Å². The van der Waals surface area contributed by atoms with E-state index in [0.717, 1.165) is 11.1 Å². The molecule has 0 spiro atoms. The molecule has 6 heteroatoms. The SMILES string of the molecule is C/C=C\CCOC(=O)CN1C(=O)/C(=C/C(C)=C/c2ccccc2)SC1=S. The van der Waals surface area contributed by atoms with Gasteiger partial charge in [0.25, 0.3) is 5.91 Å². The third-order valence-corrected chi connectivity index (χ3v) is 4.87. The second-order valence-electron chi connectivity index (χ2n) is 5.65. The van der Waals surface area contributed by atoms with E-state index in [1.165, 1.54) is 16.7 Å². The van der Waals surface area contributed by atoms with E-state index >= 15 is 0 Å². The first-order valence-corrected chi connectivity index (χ1v) is 9.49. The number of hydrogen-bond acceptors (Lipinski definition) is 5. The van der Waals surface area contributed by atoms with Crippen LogP contribution in [-0.4, -0.2) is 34.2 Å². The maximum Gasteiger partial charge on any atom is 0.326 e. The first-order valence-electron chi connectivity index (χ1n) is 8.26. The van der Waals surface area contributed by atoms with Crippen molar-refractivity contribution in [2.24, 2.45) is 0 Å². The molecule has 0 saturated carbocycles. The lowest BCUT2D eigenvalue weighted by atomic mass is 10.1. The van der Waals surface area contributed by atoms with Gasteiger partial charge in [-0.05, 0) is 37.5 Å². The Balaban J connectivity index is 1.99. The fraction of sp³-hybridized carbons (Fsp3) is 0.250. The van der Waals surface area contributed by atoms with Crippen molar-refractivity contribution in [2.45, 2.75) is 20.3 Å². The van der Waals surface area contributed by atoms with Crippen LogP contribution in [0.4, 0.5) is 0 Å². The Bertz CT molecular complexity index is 767. The molecule has 0 N–H and O–H groups in total. The second kappa shape index (κ2) is 10.1. The number of esters is 1. The molecule has 2 rings (SSSR count). The molecule has 1 heterocycles. The van der Waals surface area contributed by atoms with Crippen molar-refractivity contribution in [3.8, 4) is 0 Å². The largest absolute Gasteiger partial charge is 0.464 e. The molecule has 1 aromatic carbocycles. The van der Waals surface area contributed by atoms with E-state index in [1.807, 2.05) is 62.4 Å². The Morgan fingerprint density at radius 1 is 1.31 bits per heavy atom. The average molecular weight is 388 g/mol. The van der Waals surface area contributed by atoms with Crippen LogP contribution in [0.2, 0.25) is 0 Å². The Kier molecular flexibility index (Phi) is 7.81. The van der Waals surface area contributed by atoms with E-state index in [-0.39, 0.29) is 12.5 Å². The number of benzene rings is 1. The molecule has 0 aliphatic carbocycles. The first kappa shape index (κ1) is 20.1. The summed E-state index contributed by atoms with van der Waals surface area (Å²) in [5, 5.41) is 0. The van der Waals surface area contributed by atoms with Gasteiger partial charge < -0.3 is 4.74 Å². The molecule has 136 valence electrons. The van der Waals surface area contributed by atoms with Crippen molar-refractivity contribution in [2.75, 3.05) is 13.2 Å². The van der Waals surface area contributed by atoms with Crippen LogP contribution in [0.25, 0.3) is 6.08 Å². The minimum atomic E-state index is -0.455. The number of carbonyl (C=O) groups is 2. The van der Waals surface area contributed by atoms with Gasteiger partial charge in [-0.2, -0.15) is 0 Å². The van der Waals surface area contributed by atoms with Gasteiger partial charge >= 0.3 is 5.97 Å². The molecule has 1 amide bonds. The summed E-state index contributed by atoms with van der Waals surface area (Å²) in [6.45, 7) is 3.98. The smallest absolute Gasteiger partial charge is 0.326 e. The number of allylic oxidation sites excluding steroid dienone is 3. The number of thioether (sulfide) groups is 1. The summed E-state index contributed by atoms with van der Waals surface area (Å²) < 4.78 is 5.49. The maximum absolute atomic E-state index is 12.5. The molecule has 1 saturated heterocycles. The summed E-state index contributed by atoms with van der Waals surface area (Å²) in [5.41, 5.74) is 1.99. The van der Waals surface area contributed by atoms with Crippen LogP contribution in [-0.2, 0) is 14.3 Å². The Morgan fingerprint density at radius 3 is 2.73 bits per heavy atom. The summed E-state index contributed by atoms with van der Waals surface area (Å²) in [7, 11) is 0. The third kappa shape index (κ3) is 5.97. The number of ether oxygens (including phenoxy) is 1. The number of rotatable bonds is 7. The highest BCUT2D eigenvalue weighted by molar-refractivity contribution is 8.26. The number of thiocarbonyl (C=S) groups is 1. The van der Waals surface area contributed by atoms with Crippen molar-refractivity contribution in [3.05, 3.63) is 64.6 Å². The molecule has 0 atom stereocenters. The molecule has 0 aromatic heterocycles. The van der Waals surface area contributed by atoms with Gasteiger partial charge in [-0.1, -0.05) is 72.5 Å². The van der Waals surface area contributed by atoms with Crippen molar-refractivity contribution in [1.29, 1.82) is 0 Å².